The molecule has 0 atom stereocenters. The van der Waals surface area contributed by atoms with Gasteiger partial charge in [0.1, 0.15) is 0 Å². The maximum absolute atomic E-state index is 3.87. The molecule has 15 heavy (non-hydrogen) atoms. The molecule has 2 nitrogen and oxygen atoms in total. The van der Waals surface area contributed by atoms with Crippen LogP contribution in [0.15, 0.2) is 42.6 Å². The third kappa shape index (κ3) is 2.04. The summed E-state index contributed by atoms with van der Waals surface area (Å²) < 4.78 is 2.12. The molecule has 0 fully saturated rings. The Morgan fingerprint density at radius 1 is 1.40 bits per heavy atom. The van der Waals surface area contributed by atoms with Crippen LogP contribution < -0.4 is 5.32 Å². The van der Waals surface area contributed by atoms with Gasteiger partial charge >= 0.3 is 0 Å². The molecule has 0 radical (unpaired) electrons. The van der Waals surface area contributed by atoms with Gasteiger partial charge in [0.15, 0.2) is 0 Å². The molecule has 0 aliphatic rings. The van der Waals surface area contributed by atoms with Crippen molar-refractivity contribution in [2.75, 3.05) is 11.9 Å². The van der Waals surface area contributed by atoms with Gasteiger partial charge in [-0.2, -0.15) is 0 Å². The quantitative estimate of drug-likeness (QED) is 0.753. The van der Waals surface area contributed by atoms with Crippen LogP contribution in [-0.2, 0) is 7.05 Å². The summed E-state index contributed by atoms with van der Waals surface area (Å²) in [5.41, 5.74) is 3.55. The molecule has 0 unspecified atom stereocenters. The number of rotatable bonds is 3. The second-order valence-corrected chi connectivity index (χ2v) is 4.01. The predicted octanol–water partition coefficient (Wildman–Crippen LogP) is 3.17. The SMILES string of the molecule is C=C(C)CNc1ccc2c(ccn2C)c1. The van der Waals surface area contributed by atoms with Crippen molar-refractivity contribution in [3.8, 4) is 0 Å². The zero-order valence-electron chi connectivity index (χ0n) is 9.25. The summed E-state index contributed by atoms with van der Waals surface area (Å²) in [5.74, 6) is 0. The smallest absolute Gasteiger partial charge is 0.0479 e. The van der Waals surface area contributed by atoms with Crippen molar-refractivity contribution < 1.29 is 0 Å². The number of aromatic nitrogens is 1. The highest BCUT2D eigenvalue weighted by atomic mass is 14.9. The molecular formula is C13H16N2. The first kappa shape index (κ1) is 9.84. The van der Waals surface area contributed by atoms with Crippen molar-refractivity contribution in [2.45, 2.75) is 6.92 Å². The zero-order valence-corrected chi connectivity index (χ0v) is 9.25. The Labute approximate surface area is 90.2 Å². The van der Waals surface area contributed by atoms with E-state index in [-0.39, 0.29) is 0 Å². The van der Waals surface area contributed by atoms with Gasteiger partial charge in [0.25, 0.3) is 0 Å². The molecule has 0 bridgehead atoms. The summed E-state index contributed by atoms with van der Waals surface area (Å²) in [7, 11) is 2.06. The first-order valence-corrected chi connectivity index (χ1v) is 5.10. The number of aryl methyl sites for hydroxylation is 1. The summed E-state index contributed by atoms with van der Waals surface area (Å²) in [5, 5.41) is 4.60. The van der Waals surface area contributed by atoms with Crippen LogP contribution in [0.25, 0.3) is 10.9 Å². The minimum Gasteiger partial charge on any atom is -0.381 e. The third-order valence-corrected chi connectivity index (χ3v) is 2.48. The number of hydrogen-bond acceptors (Lipinski definition) is 1. The lowest BCUT2D eigenvalue weighted by atomic mass is 10.2. The van der Waals surface area contributed by atoms with Gasteiger partial charge in [-0.1, -0.05) is 12.2 Å². The van der Waals surface area contributed by atoms with Crippen LogP contribution in [0.4, 0.5) is 5.69 Å². The fourth-order valence-corrected chi connectivity index (χ4v) is 1.64. The molecule has 1 aromatic carbocycles. The van der Waals surface area contributed by atoms with Crippen molar-refractivity contribution in [1.29, 1.82) is 0 Å². The van der Waals surface area contributed by atoms with E-state index in [4.69, 9.17) is 0 Å². The Morgan fingerprint density at radius 2 is 2.20 bits per heavy atom. The van der Waals surface area contributed by atoms with E-state index in [1.165, 1.54) is 10.9 Å². The van der Waals surface area contributed by atoms with E-state index < -0.39 is 0 Å². The molecule has 0 saturated carbocycles. The number of fused-ring (bicyclic) bond motifs is 1. The van der Waals surface area contributed by atoms with Crippen LogP contribution in [-0.4, -0.2) is 11.1 Å². The maximum Gasteiger partial charge on any atom is 0.0479 e. The highest BCUT2D eigenvalue weighted by Crippen LogP contribution is 2.19. The second-order valence-electron chi connectivity index (χ2n) is 4.01. The minimum atomic E-state index is 0.832. The molecule has 2 aromatic rings. The summed E-state index contributed by atoms with van der Waals surface area (Å²) in [6.45, 7) is 6.72. The summed E-state index contributed by atoms with van der Waals surface area (Å²) in [6.07, 6.45) is 2.08. The number of benzene rings is 1. The Morgan fingerprint density at radius 3 is 2.93 bits per heavy atom. The highest BCUT2D eigenvalue weighted by molar-refractivity contribution is 5.83. The first-order valence-electron chi connectivity index (χ1n) is 5.10. The fourth-order valence-electron chi connectivity index (χ4n) is 1.64. The van der Waals surface area contributed by atoms with E-state index in [0.29, 0.717) is 0 Å². The lowest BCUT2D eigenvalue weighted by Crippen LogP contribution is -2.01. The van der Waals surface area contributed by atoms with Gasteiger partial charge < -0.3 is 9.88 Å². The molecule has 0 amide bonds. The standard InChI is InChI=1S/C13H16N2/c1-10(2)9-14-12-4-5-13-11(8-12)6-7-15(13)3/h4-8,14H,1,9H2,2-3H3. The monoisotopic (exact) mass is 200 g/mol. The Bertz CT molecular complexity index is 494. The molecule has 2 heteroatoms. The van der Waals surface area contributed by atoms with E-state index in [2.05, 4.69) is 54.0 Å². The molecule has 1 heterocycles. The average molecular weight is 200 g/mol. The molecule has 0 aliphatic carbocycles. The molecule has 78 valence electrons. The molecule has 1 aromatic heterocycles. The van der Waals surface area contributed by atoms with Gasteiger partial charge in [-0.25, -0.2) is 0 Å². The number of nitrogens with one attached hydrogen (secondary N) is 1. The van der Waals surface area contributed by atoms with E-state index in [0.717, 1.165) is 17.8 Å². The normalized spacial score (nSPS) is 10.5. The molecular weight excluding hydrogens is 184 g/mol. The number of nitrogens with zero attached hydrogens (tertiary/aromatic N) is 1. The second kappa shape index (κ2) is 3.81. The summed E-state index contributed by atoms with van der Waals surface area (Å²) in [6, 6.07) is 8.53. The predicted molar refractivity (Wildman–Crippen MR) is 66.2 cm³/mol. The molecule has 2 rings (SSSR count). The van der Waals surface area contributed by atoms with Gasteiger partial charge in [-0.3, -0.25) is 0 Å². The van der Waals surface area contributed by atoms with Crippen LogP contribution in [0.1, 0.15) is 6.92 Å². The van der Waals surface area contributed by atoms with Gasteiger partial charge in [-0.05, 0) is 31.2 Å². The van der Waals surface area contributed by atoms with Gasteiger partial charge in [-0.15, -0.1) is 0 Å². The van der Waals surface area contributed by atoms with Crippen LogP contribution in [0.3, 0.4) is 0 Å². The van der Waals surface area contributed by atoms with E-state index in [1.54, 1.807) is 0 Å². The third-order valence-electron chi connectivity index (χ3n) is 2.48. The van der Waals surface area contributed by atoms with Crippen LogP contribution >= 0.6 is 0 Å². The first-order chi connectivity index (χ1) is 7.16. The summed E-state index contributed by atoms with van der Waals surface area (Å²) >= 11 is 0. The van der Waals surface area contributed by atoms with Crippen molar-refractivity contribution in [1.82, 2.24) is 4.57 Å². The maximum atomic E-state index is 3.87. The van der Waals surface area contributed by atoms with E-state index in [9.17, 15) is 0 Å². The van der Waals surface area contributed by atoms with Gasteiger partial charge in [0.2, 0.25) is 0 Å². The van der Waals surface area contributed by atoms with Crippen molar-refractivity contribution in [3.05, 3.63) is 42.6 Å². The van der Waals surface area contributed by atoms with Crippen LogP contribution in [0.2, 0.25) is 0 Å². The Hall–Kier alpha value is -1.70. The Kier molecular flexibility index (Phi) is 2.50. The van der Waals surface area contributed by atoms with Gasteiger partial charge in [0.05, 0.1) is 0 Å². The highest BCUT2D eigenvalue weighted by Gasteiger charge is 1.98. The average Bonchev–Trinajstić information content (AvgIpc) is 2.57. The summed E-state index contributed by atoms with van der Waals surface area (Å²) in [4.78, 5) is 0. The van der Waals surface area contributed by atoms with Gasteiger partial charge in [0, 0.05) is 36.4 Å². The van der Waals surface area contributed by atoms with E-state index >= 15 is 0 Å². The van der Waals surface area contributed by atoms with Crippen LogP contribution in [0, 0.1) is 0 Å². The Balaban J connectivity index is 2.27. The van der Waals surface area contributed by atoms with Crippen molar-refractivity contribution >= 4 is 16.6 Å². The zero-order chi connectivity index (χ0) is 10.8. The topological polar surface area (TPSA) is 17.0 Å². The largest absolute Gasteiger partial charge is 0.381 e. The minimum absolute atomic E-state index is 0.832. The molecule has 0 spiro atoms. The lowest BCUT2D eigenvalue weighted by molar-refractivity contribution is 0.969. The fraction of sp³-hybridized carbons (Fsp3) is 0.231. The van der Waals surface area contributed by atoms with E-state index in [1.807, 2.05) is 6.92 Å². The number of anilines is 1. The van der Waals surface area contributed by atoms with Crippen LogP contribution in [0.5, 0.6) is 0 Å². The number of hydrogen-bond donors (Lipinski definition) is 1. The molecule has 1 N–H and O–H groups in total. The molecule has 0 saturated heterocycles. The lowest BCUT2D eigenvalue weighted by Gasteiger charge is -2.06. The molecule has 0 aliphatic heterocycles. The van der Waals surface area contributed by atoms with Crippen molar-refractivity contribution in [3.63, 3.8) is 0 Å². The van der Waals surface area contributed by atoms with Crippen molar-refractivity contribution in [2.24, 2.45) is 7.05 Å².